The number of aryl methyl sites for hydroxylation is 2. The van der Waals surface area contributed by atoms with Gasteiger partial charge in [0.25, 0.3) is 0 Å². The molecule has 0 spiro atoms. The highest BCUT2D eigenvalue weighted by molar-refractivity contribution is 6.11. The summed E-state index contributed by atoms with van der Waals surface area (Å²) in [5.41, 5.74) is 7.46. The molecule has 0 aliphatic rings. The number of fused-ring (bicyclic) bond motifs is 1. The van der Waals surface area contributed by atoms with Gasteiger partial charge in [-0.15, -0.1) is 0 Å². The minimum atomic E-state index is 0.585. The molecule has 0 atom stereocenters. The zero-order valence-corrected chi connectivity index (χ0v) is 15.8. The predicted octanol–water partition coefficient (Wildman–Crippen LogP) is 6.46. The highest BCUT2D eigenvalue weighted by Crippen LogP contribution is 2.20. The van der Waals surface area contributed by atoms with E-state index in [9.17, 15) is 0 Å². The SMILES string of the molecule is Cc1cc(C)cc(C(=N)c2cccc(Cc3ccc4ccccc4c3)c2)c1. The van der Waals surface area contributed by atoms with Crippen molar-refractivity contribution in [1.82, 2.24) is 0 Å². The van der Waals surface area contributed by atoms with Gasteiger partial charge in [-0.25, -0.2) is 0 Å². The van der Waals surface area contributed by atoms with Crippen molar-refractivity contribution in [1.29, 1.82) is 5.41 Å². The van der Waals surface area contributed by atoms with Gasteiger partial charge in [0.2, 0.25) is 0 Å². The van der Waals surface area contributed by atoms with Gasteiger partial charge in [0.05, 0.1) is 5.71 Å². The van der Waals surface area contributed by atoms with Crippen molar-refractivity contribution in [2.24, 2.45) is 0 Å². The Morgan fingerprint density at radius 3 is 2.11 bits per heavy atom. The number of nitrogens with one attached hydrogen (secondary N) is 1. The van der Waals surface area contributed by atoms with Crippen LogP contribution in [0.5, 0.6) is 0 Å². The van der Waals surface area contributed by atoms with Crippen LogP contribution in [-0.4, -0.2) is 5.71 Å². The van der Waals surface area contributed by atoms with Gasteiger partial charge in [-0.05, 0) is 60.4 Å². The van der Waals surface area contributed by atoms with E-state index >= 15 is 0 Å². The largest absolute Gasteiger partial charge is 0.300 e. The van der Waals surface area contributed by atoms with Crippen molar-refractivity contribution in [2.45, 2.75) is 20.3 Å². The fourth-order valence-electron chi connectivity index (χ4n) is 3.71. The fraction of sp³-hybridized carbons (Fsp3) is 0.115. The first-order valence-corrected chi connectivity index (χ1v) is 9.33. The van der Waals surface area contributed by atoms with Gasteiger partial charge in [0, 0.05) is 11.1 Å². The third-order valence-electron chi connectivity index (χ3n) is 4.95. The van der Waals surface area contributed by atoms with Gasteiger partial charge in [-0.1, -0.05) is 77.9 Å². The molecule has 1 nitrogen and oxygen atoms in total. The Balaban J connectivity index is 1.62. The smallest absolute Gasteiger partial charge is 0.0684 e. The van der Waals surface area contributed by atoms with Crippen LogP contribution in [0, 0.1) is 19.3 Å². The highest BCUT2D eigenvalue weighted by atomic mass is 14.4. The maximum absolute atomic E-state index is 8.65. The van der Waals surface area contributed by atoms with Crippen molar-refractivity contribution in [3.05, 3.63) is 118 Å². The first-order valence-electron chi connectivity index (χ1n) is 9.33. The summed E-state index contributed by atoms with van der Waals surface area (Å²) in [4.78, 5) is 0. The molecular formula is C26H23N. The van der Waals surface area contributed by atoms with Crippen LogP contribution in [0.25, 0.3) is 10.8 Å². The van der Waals surface area contributed by atoms with Crippen LogP contribution in [0.1, 0.15) is 33.4 Å². The quantitative estimate of drug-likeness (QED) is 0.409. The van der Waals surface area contributed by atoms with Crippen LogP contribution in [0.15, 0.2) is 84.9 Å². The molecule has 4 rings (SSSR count). The van der Waals surface area contributed by atoms with Crippen LogP contribution >= 0.6 is 0 Å². The van der Waals surface area contributed by atoms with Crippen molar-refractivity contribution in [3.8, 4) is 0 Å². The Hall–Kier alpha value is -3.19. The average Bonchev–Trinajstić information content (AvgIpc) is 2.67. The lowest BCUT2D eigenvalue weighted by molar-refractivity contribution is 1.20. The monoisotopic (exact) mass is 349 g/mol. The van der Waals surface area contributed by atoms with Gasteiger partial charge < -0.3 is 0 Å². The molecule has 0 unspecified atom stereocenters. The van der Waals surface area contributed by atoms with E-state index in [-0.39, 0.29) is 0 Å². The molecule has 0 fully saturated rings. The molecule has 0 radical (unpaired) electrons. The molecule has 4 aromatic rings. The summed E-state index contributed by atoms with van der Waals surface area (Å²) in [6.45, 7) is 4.17. The third-order valence-corrected chi connectivity index (χ3v) is 4.95. The van der Waals surface area contributed by atoms with Crippen LogP contribution in [-0.2, 0) is 6.42 Å². The van der Waals surface area contributed by atoms with E-state index in [1.165, 1.54) is 33.0 Å². The van der Waals surface area contributed by atoms with E-state index in [0.29, 0.717) is 5.71 Å². The van der Waals surface area contributed by atoms with E-state index in [1.807, 2.05) is 6.07 Å². The van der Waals surface area contributed by atoms with E-state index in [4.69, 9.17) is 5.41 Å². The molecule has 132 valence electrons. The summed E-state index contributed by atoms with van der Waals surface area (Å²) in [7, 11) is 0. The summed E-state index contributed by atoms with van der Waals surface area (Å²) in [6.07, 6.45) is 0.874. The molecule has 0 heterocycles. The number of hydrogen-bond donors (Lipinski definition) is 1. The van der Waals surface area contributed by atoms with Crippen LogP contribution in [0.2, 0.25) is 0 Å². The zero-order valence-electron chi connectivity index (χ0n) is 15.8. The molecular weight excluding hydrogens is 326 g/mol. The first kappa shape index (κ1) is 17.2. The summed E-state index contributed by atoms with van der Waals surface area (Å²) >= 11 is 0. The van der Waals surface area contributed by atoms with Gasteiger partial charge in [0.15, 0.2) is 0 Å². The Bertz CT molecular complexity index is 1120. The topological polar surface area (TPSA) is 23.9 Å². The second-order valence-corrected chi connectivity index (χ2v) is 7.31. The second kappa shape index (κ2) is 7.20. The third kappa shape index (κ3) is 3.83. The number of hydrogen-bond acceptors (Lipinski definition) is 1. The lowest BCUT2D eigenvalue weighted by Gasteiger charge is -2.10. The first-order chi connectivity index (χ1) is 13.1. The summed E-state index contributed by atoms with van der Waals surface area (Å²) < 4.78 is 0. The fourth-order valence-corrected chi connectivity index (χ4v) is 3.71. The molecule has 0 aliphatic carbocycles. The standard InChI is InChI=1S/C26H23N/c1-18-12-19(2)14-25(13-18)26(27)24-9-5-6-20(17-24)15-21-10-11-22-7-3-4-8-23(22)16-21/h3-14,16-17,27H,15H2,1-2H3. The maximum Gasteiger partial charge on any atom is 0.0684 e. The molecule has 0 saturated carbocycles. The normalized spacial score (nSPS) is 10.9. The van der Waals surface area contributed by atoms with Crippen LogP contribution in [0.4, 0.5) is 0 Å². The van der Waals surface area contributed by atoms with Crippen molar-refractivity contribution >= 4 is 16.5 Å². The van der Waals surface area contributed by atoms with E-state index in [2.05, 4.69) is 92.7 Å². The highest BCUT2D eigenvalue weighted by Gasteiger charge is 2.08. The maximum atomic E-state index is 8.65. The van der Waals surface area contributed by atoms with Crippen molar-refractivity contribution in [2.75, 3.05) is 0 Å². The Labute approximate surface area is 160 Å². The summed E-state index contributed by atoms with van der Waals surface area (Å²) in [6, 6.07) is 29.8. The summed E-state index contributed by atoms with van der Waals surface area (Å²) in [5, 5.41) is 11.2. The Morgan fingerprint density at radius 2 is 1.33 bits per heavy atom. The molecule has 0 saturated heterocycles. The lowest BCUT2D eigenvalue weighted by Crippen LogP contribution is -2.03. The van der Waals surface area contributed by atoms with E-state index in [0.717, 1.165) is 17.5 Å². The van der Waals surface area contributed by atoms with E-state index in [1.54, 1.807) is 0 Å². The van der Waals surface area contributed by atoms with E-state index < -0.39 is 0 Å². The van der Waals surface area contributed by atoms with Crippen molar-refractivity contribution in [3.63, 3.8) is 0 Å². The van der Waals surface area contributed by atoms with Gasteiger partial charge in [0.1, 0.15) is 0 Å². The molecule has 4 aromatic carbocycles. The number of rotatable bonds is 4. The molecule has 0 aliphatic heterocycles. The zero-order chi connectivity index (χ0) is 18.8. The van der Waals surface area contributed by atoms with Gasteiger partial charge in [-0.2, -0.15) is 0 Å². The minimum absolute atomic E-state index is 0.585. The number of benzene rings is 4. The molecule has 0 amide bonds. The minimum Gasteiger partial charge on any atom is -0.300 e. The van der Waals surface area contributed by atoms with Crippen LogP contribution < -0.4 is 0 Å². The second-order valence-electron chi connectivity index (χ2n) is 7.31. The Morgan fingerprint density at radius 1 is 0.630 bits per heavy atom. The lowest BCUT2D eigenvalue weighted by atomic mass is 9.95. The van der Waals surface area contributed by atoms with Gasteiger partial charge >= 0.3 is 0 Å². The van der Waals surface area contributed by atoms with Crippen LogP contribution in [0.3, 0.4) is 0 Å². The van der Waals surface area contributed by atoms with Crippen molar-refractivity contribution < 1.29 is 0 Å². The van der Waals surface area contributed by atoms with Gasteiger partial charge in [-0.3, -0.25) is 5.41 Å². The molecule has 27 heavy (non-hydrogen) atoms. The Kier molecular flexibility index (Phi) is 4.60. The average molecular weight is 349 g/mol. The molecule has 0 bridgehead atoms. The summed E-state index contributed by atoms with van der Waals surface area (Å²) in [5.74, 6) is 0. The molecule has 1 heteroatoms. The molecule has 1 N–H and O–H groups in total. The molecule has 0 aromatic heterocycles. The predicted molar refractivity (Wildman–Crippen MR) is 115 cm³/mol.